The lowest BCUT2D eigenvalue weighted by atomic mass is 9.70. The lowest BCUT2D eigenvalue weighted by Gasteiger charge is -2.44. The molecule has 1 atom stereocenters. The van der Waals surface area contributed by atoms with Crippen LogP contribution in [0.5, 0.6) is 5.75 Å². The number of hydrogen-bond donors (Lipinski definition) is 1. The Morgan fingerprint density at radius 3 is 2.20 bits per heavy atom. The van der Waals surface area contributed by atoms with Crippen molar-refractivity contribution in [3.8, 4) is 16.9 Å². The number of β-amino-alcohol motifs (C(OH)–C–C–N with tert-alkyl or cyclic N) is 1. The first kappa shape index (κ1) is 24.3. The Labute approximate surface area is 210 Å². The summed E-state index contributed by atoms with van der Waals surface area (Å²) >= 11 is 0. The highest BCUT2D eigenvalue weighted by Gasteiger charge is 2.34. The third kappa shape index (κ3) is 6.07. The first-order valence-corrected chi connectivity index (χ1v) is 13.5. The number of piperidine rings is 2. The summed E-state index contributed by atoms with van der Waals surface area (Å²) in [6.45, 7) is 8.09. The van der Waals surface area contributed by atoms with E-state index in [4.69, 9.17) is 4.74 Å². The highest BCUT2D eigenvalue weighted by atomic mass is 16.5. The molecule has 0 aromatic heterocycles. The molecule has 2 aliphatic heterocycles. The molecule has 0 radical (unpaired) electrons. The molecular formula is C30H40N2O3. The Morgan fingerprint density at radius 2 is 1.60 bits per heavy atom. The number of hydrogen-bond acceptors (Lipinski definition) is 4. The number of rotatable bonds is 7. The summed E-state index contributed by atoms with van der Waals surface area (Å²) in [6.07, 6.45) is 7.91. The molecule has 2 aromatic rings. The molecule has 1 aliphatic carbocycles. The first-order valence-electron chi connectivity index (χ1n) is 13.5. The summed E-state index contributed by atoms with van der Waals surface area (Å²) in [5, 5.41) is 9.85. The van der Waals surface area contributed by atoms with E-state index in [1.165, 1.54) is 51.7 Å². The van der Waals surface area contributed by atoms with Gasteiger partial charge in [0.1, 0.15) is 5.75 Å². The summed E-state index contributed by atoms with van der Waals surface area (Å²) < 4.78 is 6.14. The van der Waals surface area contributed by atoms with Crippen LogP contribution in [0, 0.1) is 11.3 Å². The minimum absolute atomic E-state index is 0.00196. The van der Waals surface area contributed by atoms with Gasteiger partial charge in [-0.3, -0.25) is 4.79 Å². The number of carbonyl (C=O) groups excluding carboxylic acids is 1. The molecule has 3 fully saturated rings. The molecule has 5 nitrogen and oxygen atoms in total. The van der Waals surface area contributed by atoms with E-state index in [-0.39, 0.29) is 5.91 Å². The summed E-state index contributed by atoms with van der Waals surface area (Å²) in [5.41, 5.74) is 3.45. The normalized spacial score (nSPS) is 23.0. The number of likely N-dealkylation sites (tertiary alicyclic amines) is 2. The Bertz CT molecular complexity index is 976. The second-order valence-electron chi connectivity index (χ2n) is 11.3. The second kappa shape index (κ2) is 10.7. The van der Waals surface area contributed by atoms with Crippen LogP contribution in [0.3, 0.4) is 0 Å². The molecule has 35 heavy (non-hydrogen) atoms. The Morgan fingerprint density at radius 1 is 0.943 bits per heavy atom. The zero-order valence-corrected chi connectivity index (χ0v) is 21.1. The predicted molar refractivity (Wildman–Crippen MR) is 140 cm³/mol. The van der Waals surface area contributed by atoms with E-state index in [0.29, 0.717) is 23.4 Å². The van der Waals surface area contributed by atoms with Crippen LogP contribution >= 0.6 is 0 Å². The molecule has 1 saturated carbocycles. The van der Waals surface area contributed by atoms with Gasteiger partial charge in [-0.25, -0.2) is 0 Å². The van der Waals surface area contributed by atoms with Gasteiger partial charge in [-0.05, 0) is 98.3 Å². The largest absolute Gasteiger partial charge is 0.493 e. The van der Waals surface area contributed by atoms with Gasteiger partial charge >= 0.3 is 0 Å². The van der Waals surface area contributed by atoms with Crippen LogP contribution in [-0.2, 0) is 0 Å². The molecule has 188 valence electrons. The molecule has 2 aromatic carbocycles. The molecule has 3 aliphatic rings. The number of carbonyl (C=O) groups is 1. The Kier molecular flexibility index (Phi) is 7.45. The fourth-order valence-electron chi connectivity index (χ4n) is 5.87. The standard InChI is InChI=1S/C30H40N2O3/c1-30(15-3-16-30)22-31-18-13-23(14-19-31)21-35-28-11-9-25(10-12-28)24-5-7-26(8-6-24)29(34)32-17-2-4-27(33)20-32/h5-12,23,27,33H,2-4,13-22H2,1H3/t27-/m1/s1. The second-order valence-corrected chi connectivity index (χ2v) is 11.3. The van der Waals surface area contributed by atoms with E-state index in [1.807, 2.05) is 24.3 Å². The number of amides is 1. The monoisotopic (exact) mass is 476 g/mol. The van der Waals surface area contributed by atoms with E-state index in [1.54, 1.807) is 4.90 Å². The van der Waals surface area contributed by atoms with Crippen molar-refractivity contribution in [2.45, 2.75) is 58.0 Å². The van der Waals surface area contributed by atoms with Gasteiger partial charge in [0.25, 0.3) is 5.91 Å². The van der Waals surface area contributed by atoms with Gasteiger partial charge in [0.15, 0.2) is 0 Å². The molecule has 2 heterocycles. The lowest BCUT2D eigenvalue weighted by molar-refractivity contribution is 0.0474. The fraction of sp³-hybridized carbons (Fsp3) is 0.567. The van der Waals surface area contributed by atoms with E-state index >= 15 is 0 Å². The van der Waals surface area contributed by atoms with Gasteiger partial charge in [0, 0.05) is 25.2 Å². The molecule has 0 spiro atoms. The first-order chi connectivity index (χ1) is 17.0. The molecule has 1 N–H and O–H groups in total. The van der Waals surface area contributed by atoms with Crippen LogP contribution in [0.25, 0.3) is 11.1 Å². The molecule has 5 heteroatoms. The van der Waals surface area contributed by atoms with Crippen LogP contribution in [-0.4, -0.2) is 66.2 Å². The molecular weight excluding hydrogens is 436 g/mol. The van der Waals surface area contributed by atoms with Gasteiger partial charge in [-0.2, -0.15) is 0 Å². The molecule has 0 bridgehead atoms. The highest BCUT2D eigenvalue weighted by Crippen LogP contribution is 2.41. The van der Waals surface area contributed by atoms with Crippen molar-refractivity contribution in [1.29, 1.82) is 0 Å². The van der Waals surface area contributed by atoms with E-state index < -0.39 is 6.10 Å². The fourth-order valence-corrected chi connectivity index (χ4v) is 5.87. The number of nitrogens with zero attached hydrogens (tertiary/aromatic N) is 2. The molecule has 2 saturated heterocycles. The van der Waals surface area contributed by atoms with Gasteiger partial charge in [0.2, 0.25) is 0 Å². The zero-order valence-electron chi connectivity index (χ0n) is 21.1. The molecule has 1 amide bonds. The third-order valence-electron chi connectivity index (χ3n) is 8.36. The van der Waals surface area contributed by atoms with Crippen molar-refractivity contribution in [3.63, 3.8) is 0 Å². The van der Waals surface area contributed by atoms with Gasteiger partial charge < -0.3 is 19.6 Å². The SMILES string of the molecule is CC1(CN2CCC(COc3ccc(-c4ccc(C(=O)N5CCC[C@@H](O)C5)cc4)cc3)CC2)CCC1. The molecule has 5 rings (SSSR count). The van der Waals surface area contributed by atoms with Crippen molar-refractivity contribution < 1.29 is 14.6 Å². The average molecular weight is 477 g/mol. The maximum Gasteiger partial charge on any atom is 0.253 e. The number of ether oxygens (including phenoxy) is 1. The minimum Gasteiger partial charge on any atom is -0.493 e. The van der Waals surface area contributed by atoms with Crippen molar-refractivity contribution in [1.82, 2.24) is 9.80 Å². The predicted octanol–water partition coefficient (Wildman–Crippen LogP) is 5.23. The van der Waals surface area contributed by atoms with Gasteiger partial charge in [-0.15, -0.1) is 0 Å². The number of aliphatic hydroxyl groups excluding tert-OH is 1. The van der Waals surface area contributed by atoms with Crippen LogP contribution in [0.4, 0.5) is 0 Å². The highest BCUT2D eigenvalue weighted by molar-refractivity contribution is 5.94. The van der Waals surface area contributed by atoms with E-state index in [9.17, 15) is 9.90 Å². The summed E-state index contributed by atoms with van der Waals surface area (Å²) in [5.74, 6) is 1.57. The Hall–Kier alpha value is -2.37. The zero-order chi connectivity index (χ0) is 24.3. The van der Waals surface area contributed by atoms with E-state index in [0.717, 1.165) is 42.9 Å². The maximum atomic E-state index is 12.7. The topological polar surface area (TPSA) is 53.0 Å². The van der Waals surface area contributed by atoms with Gasteiger partial charge in [-0.1, -0.05) is 37.6 Å². The maximum absolute atomic E-state index is 12.7. The van der Waals surface area contributed by atoms with Crippen LogP contribution in [0.15, 0.2) is 48.5 Å². The third-order valence-corrected chi connectivity index (χ3v) is 8.36. The van der Waals surface area contributed by atoms with Crippen LogP contribution < -0.4 is 4.74 Å². The quantitative estimate of drug-likeness (QED) is 0.594. The summed E-state index contributed by atoms with van der Waals surface area (Å²) in [7, 11) is 0. The summed E-state index contributed by atoms with van der Waals surface area (Å²) in [4.78, 5) is 17.2. The average Bonchev–Trinajstić information content (AvgIpc) is 2.87. The van der Waals surface area contributed by atoms with Crippen LogP contribution in [0.2, 0.25) is 0 Å². The van der Waals surface area contributed by atoms with Crippen molar-refractivity contribution in [2.24, 2.45) is 11.3 Å². The Balaban J connectivity index is 1.09. The van der Waals surface area contributed by atoms with E-state index in [2.05, 4.69) is 36.1 Å². The lowest BCUT2D eigenvalue weighted by Crippen LogP contribution is -2.44. The molecule has 0 unspecified atom stereocenters. The van der Waals surface area contributed by atoms with Crippen molar-refractivity contribution in [2.75, 3.05) is 39.3 Å². The van der Waals surface area contributed by atoms with Gasteiger partial charge in [0.05, 0.1) is 12.7 Å². The summed E-state index contributed by atoms with van der Waals surface area (Å²) in [6, 6.07) is 16.1. The van der Waals surface area contributed by atoms with Crippen LogP contribution in [0.1, 0.15) is 62.2 Å². The van der Waals surface area contributed by atoms with Crippen molar-refractivity contribution >= 4 is 5.91 Å². The number of benzene rings is 2. The smallest absolute Gasteiger partial charge is 0.253 e. The van der Waals surface area contributed by atoms with Crippen molar-refractivity contribution in [3.05, 3.63) is 54.1 Å². The minimum atomic E-state index is -0.402. The number of aliphatic hydroxyl groups is 1.